The molecule has 2 aromatic rings. The van der Waals surface area contributed by atoms with Gasteiger partial charge in [0.05, 0.1) is 33.0 Å². The van der Waals surface area contributed by atoms with Gasteiger partial charge in [-0.2, -0.15) is 0 Å². The molecule has 0 aliphatic heterocycles. The number of aliphatic carboxylic acids is 1. The first kappa shape index (κ1) is 41.1. The number of rotatable bonds is 24. The van der Waals surface area contributed by atoms with Gasteiger partial charge in [0, 0.05) is 31.9 Å². The highest BCUT2D eigenvalue weighted by atomic mass is 16.6. The lowest BCUT2D eigenvalue weighted by molar-refractivity contribution is -0.157. The van der Waals surface area contributed by atoms with Crippen molar-refractivity contribution in [3.63, 3.8) is 0 Å². The van der Waals surface area contributed by atoms with Gasteiger partial charge in [-0.1, -0.05) is 48.5 Å². The minimum atomic E-state index is -1.06. The summed E-state index contributed by atoms with van der Waals surface area (Å²) < 4.78 is 31.9. The summed E-state index contributed by atoms with van der Waals surface area (Å²) in [6.07, 6.45) is 0.0253. The number of ketones is 1. The quantitative estimate of drug-likeness (QED) is 0.106. The molecule has 280 valence electrons. The molecule has 0 bridgehead atoms. The van der Waals surface area contributed by atoms with Crippen LogP contribution in [0.4, 0.5) is 4.79 Å². The maximum absolute atomic E-state index is 13.0. The summed E-state index contributed by atoms with van der Waals surface area (Å²) in [7, 11) is 0. The van der Waals surface area contributed by atoms with Crippen LogP contribution >= 0.6 is 0 Å². The Labute approximate surface area is 298 Å². The molecule has 3 rings (SSSR count). The van der Waals surface area contributed by atoms with Crippen LogP contribution < -0.4 is 10.6 Å². The second kappa shape index (κ2) is 21.8. The maximum atomic E-state index is 13.0. The average Bonchev–Trinajstić information content (AvgIpc) is 3.40. The molecule has 0 radical (unpaired) electrons. The van der Waals surface area contributed by atoms with E-state index in [1.165, 1.54) is 0 Å². The van der Waals surface area contributed by atoms with E-state index in [2.05, 4.69) is 10.6 Å². The highest BCUT2D eigenvalue weighted by molar-refractivity contribution is 5.84. The molecule has 0 heterocycles. The number of carbonyl (C=O) groups is 5. The van der Waals surface area contributed by atoms with Crippen molar-refractivity contribution in [1.29, 1.82) is 0 Å². The number of hydrogen-bond acceptors (Lipinski definition) is 11. The summed E-state index contributed by atoms with van der Waals surface area (Å²) in [5.74, 6) is -2.24. The number of hydrogen-bond donors (Lipinski definition) is 3. The third-order valence-corrected chi connectivity index (χ3v) is 7.55. The molecular weight excluding hydrogens is 664 g/mol. The third kappa shape index (κ3) is 15.6. The number of fused-ring (bicyclic) bond motifs is 3. The van der Waals surface area contributed by atoms with E-state index in [1.54, 1.807) is 20.8 Å². The summed E-state index contributed by atoms with van der Waals surface area (Å²) in [4.78, 5) is 60.6. The summed E-state index contributed by atoms with van der Waals surface area (Å²) in [5, 5.41) is 13.7. The second-order valence-electron chi connectivity index (χ2n) is 12.8. The van der Waals surface area contributed by atoms with E-state index in [4.69, 9.17) is 33.5 Å². The molecule has 0 aromatic heterocycles. The Hall–Kier alpha value is -4.37. The fraction of sp³-hybridized carbons (Fsp3) is 0.541. The number of ether oxygens (including phenoxy) is 6. The largest absolute Gasteiger partial charge is 0.480 e. The van der Waals surface area contributed by atoms with Crippen LogP contribution in [-0.2, 0) is 47.6 Å². The summed E-state index contributed by atoms with van der Waals surface area (Å²) in [5.41, 5.74) is 3.56. The van der Waals surface area contributed by atoms with Gasteiger partial charge < -0.3 is 44.2 Å². The number of carboxylic acids is 1. The Morgan fingerprint density at radius 1 is 0.765 bits per heavy atom. The predicted molar refractivity (Wildman–Crippen MR) is 185 cm³/mol. The first-order chi connectivity index (χ1) is 24.4. The van der Waals surface area contributed by atoms with Crippen molar-refractivity contribution < 1.29 is 57.5 Å². The number of Topliss-reactive ketones (excluding diaryl/α,β-unsaturated/α-hetero) is 1. The minimum Gasteiger partial charge on any atom is -0.480 e. The van der Waals surface area contributed by atoms with Crippen LogP contribution in [0.15, 0.2) is 48.5 Å². The molecule has 1 aliphatic carbocycles. The van der Waals surface area contributed by atoms with Gasteiger partial charge in [-0.15, -0.1) is 0 Å². The number of carbonyl (C=O) groups excluding carboxylic acids is 4. The maximum Gasteiger partial charge on any atom is 0.407 e. The summed E-state index contributed by atoms with van der Waals surface area (Å²) in [6, 6.07) is 14.9. The highest BCUT2D eigenvalue weighted by Gasteiger charge is 2.31. The van der Waals surface area contributed by atoms with E-state index >= 15 is 0 Å². The fourth-order valence-electron chi connectivity index (χ4n) is 5.28. The van der Waals surface area contributed by atoms with Gasteiger partial charge in [0.2, 0.25) is 5.91 Å². The number of esters is 1. The van der Waals surface area contributed by atoms with E-state index in [9.17, 15) is 24.0 Å². The zero-order chi connectivity index (χ0) is 37.1. The van der Waals surface area contributed by atoms with E-state index in [1.807, 2.05) is 48.5 Å². The number of benzene rings is 2. The van der Waals surface area contributed by atoms with Gasteiger partial charge in [0.1, 0.15) is 37.2 Å². The molecule has 0 spiro atoms. The molecule has 1 atom stereocenters. The van der Waals surface area contributed by atoms with Crippen molar-refractivity contribution in [3.05, 3.63) is 59.7 Å². The smallest absolute Gasteiger partial charge is 0.407 e. The monoisotopic (exact) mass is 714 g/mol. The number of amides is 2. The number of alkyl carbamates (subject to hydrolysis) is 1. The van der Waals surface area contributed by atoms with E-state index in [-0.39, 0.29) is 96.3 Å². The standard InChI is InChI=1S/C37H50N2O12/c1-37(2,3)51-35(44)32(39-36(45)50-23-31-29-12-6-4-10-27(29)28-11-5-7-13-30(28)31)15-14-26(40)9-8-17-46-19-21-48-24-33(41)38-16-18-47-20-22-49-25-34(42)43/h4-7,10-13,31-32H,8-9,14-25H2,1-3H3,(H,38,41)(H,39,45)(H,42,43). The Morgan fingerprint density at radius 2 is 1.35 bits per heavy atom. The SMILES string of the molecule is CC(C)(C)OC(=O)C(CCC(=O)CCCOCCOCC(=O)NCCOCCOCC(=O)O)NC(=O)OCC1c2ccccc2-c2ccccc21. The van der Waals surface area contributed by atoms with Crippen LogP contribution in [-0.4, -0.2) is 112 Å². The fourth-order valence-corrected chi connectivity index (χ4v) is 5.28. The van der Waals surface area contributed by atoms with E-state index < -0.39 is 29.7 Å². The van der Waals surface area contributed by atoms with Crippen molar-refractivity contribution in [2.45, 2.75) is 64.0 Å². The Bertz CT molecular complexity index is 1400. The van der Waals surface area contributed by atoms with Crippen LogP contribution in [0.5, 0.6) is 0 Å². The van der Waals surface area contributed by atoms with Gasteiger partial charge >= 0.3 is 18.0 Å². The molecule has 2 aromatic carbocycles. The number of nitrogens with one attached hydrogen (secondary N) is 2. The summed E-state index contributed by atoms with van der Waals surface area (Å²) in [6.45, 7) is 6.37. The van der Waals surface area contributed by atoms with Gasteiger partial charge in [0.25, 0.3) is 0 Å². The summed E-state index contributed by atoms with van der Waals surface area (Å²) >= 11 is 0. The lowest BCUT2D eigenvalue weighted by Gasteiger charge is -2.24. The molecule has 3 N–H and O–H groups in total. The normalized spacial score (nSPS) is 12.8. The first-order valence-electron chi connectivity index (χ1n) is 17.1. The van der Waals surface area contributed by atoms with Crippen molar-refractivity contribution in [2.24, 2.45) is 0 Å². The molecule has 14 heteroatoms. The van der Waals surface area contributed by atoms with Crippen LogP contribution in [0, 0.1) is 0 Å². The van der Waals surface area contributed by atoms with E-state index in [0.29, 0.717) is 13.0 Å². The van der Waals surface area contributed by atoms with Gasteiger partial charge in [-0.05, 0) is 55.9 Å². The average molecular weight is 715 g/mol. The van der Waals surface area contributed by atoms with Crippen LogP contribution in [0.3, 0.4) is 0 Å². The molecule has 2 amide bonds. The lowest BCUT2D eigenvalue weighted by atomic mass is 9.98. The number of carboxylic acid groups (broad SMARTS) is 1. The zero-order valence-electron chi connectivity index (χ0n) is 29.6. The molecule has 1 aliphatic rings. The van der Waals surface area contributed by atoms with Crippen molar-refractivity contribution in [1.82, 2.24) is 10.6 Å². The Balaban J connectivity index is 1.30. The zero-order valence-corrected chi connectivity index (χ0v) is 29.6. The molecule has 0 saturated heterocycles. The molecule has 0 saturated carbocycles. The Kier molecular flexibility index (Phi) is 17.5. The van der Waals surface area contributed by atoms with Crippen molar-refractivity contribution in [3.8, 4) is 11.1 Å². The molecular formula is C37H50N2O12. The van der Waals surface area contributed by atoms with Gasteiger partial charge in [-0.3, -0.25) is 9.59 Å². The topological polar surface area (TPSA) is 185 Å². The predicted octanol–water partition coefficient (Wildman–Crippen LogP) is 3.63. The highest BCUT2D eigenvalue weighted by Crippen LogP contribution is 2.44. The van der Waals surface area contributed by atoms with Crippen LogP contribution in [0.1, 0.15) is 63.5 Å². The first-order valence-corrected chi connectivity index (χ1v) is 17.1. The molecule has 0 fully saturated rings. The van der Waals surface area contributed by atoms with Crippen LogP contribution in [0.25, 0.3) is 11.1 Å². The van der Waals surface area contributed by atoms with Crippen LogP contribution in [0.2, 0.25) is 0 Å². The third-order valence-electron chi connectivity index (χ3n) is 7.55. The van der Waals surface area contributed by atoms with Crippen molar-refractivity contribution >= 4 is 29.7 Å². The van der Waals surface area contributed by atoms with Gasteiger partial charge in [-0.25, -0.2) is 14.4 Å². The van der Waals surface area contributed by atoms with Crippen molar-refractivity contribution in [2.75, 3.05) is 66.0 Å². The molecule has 51 heavy (non-hydrogen) atoms. The Morgan fingerprint density at radius 3 is 1.98 bits per heavy atom. The van der Waals surface area contributed by atoms with E-state index in [0.717, 1.165) is 22.3 Å². The lowest BCUT2D eigenvalue weighted by Crippen LogP contribution is -2.44. The molecule has 14 nitrogen and oxygen atoms in total. The second-order valence-corrected chi connectivity index (χ2v) is 12.8. The van der Waals surface area contributed by atoms with Gasteiger partial charge in [0.15, 0.2) is 0 Å². The minimum absolute atomic E-state index is 0.0509. The molecule has 1 unspecified atom stereocenters.